The standard InChI is InChI=1S/C16H27NO4/c1-6-7-13-11-16(19-8-9-20-16)10-12(2)17(13)14(18)21-15(3,4)5/h6,12-13H,1,7-11H2,2-5H3/t12-,13-/m1/s1. The molecule has 120 valence electrons. The molecule has 2 fully saturated rings. The Morgan fingerprint density at radius 3 is 2.52 bits per heavy atom. The number of amides is 1. The summed E-state index contributed by atoms with van der Waals surface area (Å²) in [5.74, 6) is -0.536. The maximum absolute atomic E-state index is 12.5. The van der Waals surface area contributed by atoms with E-state index in [-0.39, 0.29) is 18.2 Å². The van der Waals surface area contributed by atoms with Gasteiger partial charge in [0.1, 0.15) is 5.60 Å². The lowest BCUT2D eigenvalue weighted by Crippen LogP contribution is -2.58. The van der Waals surface area contributed by atoms with Crippen LogP contribution in [0.15, 0.2) is 12.7 Å². The normalized spacial score (nSPS) is 28.7. The van der Waals surface area contributed by atoms with Crippen LogP contribution in [-0.2, 0) is 14.2 Å². The van der Waals surface area contributed by atoms with Gasteiger partial charge in [-0.05, 0) is 34.1 Å². The zero-order chi connectivity index (χ0) is 15.7. The highest BCUT2D eigenvalue weighted by Crippen LogP contribution is 2.39. The van der Waals surface area contributed by atoms with Crippen molar-refractivity contribution in [3.8, 4) is 0 Å². The first kappa shape index (κ1) is 16.3. The summed E-state index contributed by atoms with van der Waals surface area (Å²) < 4.78 is 17.2. The van der Waals surface area contributed by atoms with Crippen LogP contribution in [0, 0.1) is 0 Å². The van der Waals surface area contributed by atoms with Gasteiger partial charge in [-0.15, -0.1) is 6.58 Å². The highest BCUT2D eigenvalue weighted by atomic mass is 16.7. The lowest BCUT2D eigenvalue weighted by atomic mass is 9.89. The highest BCUT2D eigenvalue weighted by Gasteiger charge is 2.49. The van der Waals surface area contributed by atoms with Crippen LogP contribution in [-0.4, -0.2) is 47.7 Å². The van der Waals surface area contributed by atoms with Crippen LogP contribution < -0.4 is 0 Å². The maximum Gasteiger partial charge on any atom is 0.410 e. The molecule has 2 heterocycles. The third kappa shape index (κ3) is 3.77. The third-order valence-corrected chi connectivity index (χ3v) is 3.88. The Bertz CT molecular complexity index is 396. The predicted molar refractivity (Wildman–Crippen MR) is 80.0 cm³/mol. The highest BCUT2D eigenvalue weighted by molar-refractivity contribution is 5.69. The van der Waals surface area contributed by atoms with Crippen molar-refractivity contribution < 1.29 is 19.0 Å². The molecule has 0 saturated carbocycles. The van der Waals surface area contributed by atoms with Gasteiger partial charge in [0.25, 0.3) is 0 Å². The van der Waals surface area contributed by atoms with Crippen molar-refractivity contribution in [1.29, 1.82) is 0 Å². The van der Waals surface area contributed by atoms with Gasteiger partial charge in [0.05, 0.1) is 13.2 Å². The van der Waals surface area contributed by atoms with E-state index in [4.69, 9.17) is 14.2 Å². The van der Waals surface area contributed by atoms with Crippen molar-refractivity contribution in [3.63, 3.8) is 0 Å². The molecule has 0 aromatic rings. The number of rotatable bonds is 2. The molecule has 1 spiro atoms. The van der Waals surface area contributed by atoms with Gasteiger partial charge in [-0.1, -0.05) is 6.08 Å². The molecule has 0 aromatic heterocycles. The van der Waals surface area contributed by atoms with Crippen LogP contribution in [0.4, 0.5) is 4.79 Å². The zero-order valence-electron chi connectivity index (χ0n) is 13.6. The number of nitrogens with zero attached hydrogens (tertiary/aromatic N) is 1. The largest absolute Gasteiger partial charge is 0.444 e. The molecular weight excluding hydrogens is 270 g/mol. The molecule has 0 radical (unpaired) electrons. The maximum atomic E-state index is 12.5. The summed E-state index contributed by atoms with van der Waals surface area (Å²) in [7, 11) is 0. The van der Waals surface area contributed by atoms with E-state index in [1.165, 1.54) is 0 Å². The van der Waals surface area contributed by atoms with Gasteiger partial charge in [-0.25, -0.2) is 4.79 Å². The van der Waals surface area contributed by atoms with E-state index in [0.717, 1.165) is 0 Å². The van der Waals surface area contributed by atoms with E-state index >= 15 is 0 Å². The van der Waals surface area contributed by atoms with Crippen molar-refractivity contribution >= 4 is 6.09 Å². The van der Waals surface area contributed by atoms with E-state index in [0.29, 0.717) is 32.5 Å². The number of piperidine rings is 1. The average Bonchev–Trinajstić information content (AvgIpc) is 2.74. The molecule has 0 aromatic carbocycles. The molecule has 2 atom stereocenters. The first-order valence-electron chi connectivity index (χ1n) is 7.66. The first-order chi connectivity index (χ1) is 9.76. The summed E-state index contributed by atoms with van der Waals surface area (Å²) in [6, 6.07) is 0.0100. The molecule has 5 nitrogen and oxygen atoms in total. The van der Waals surface area contributed by atoms with E-state index in [2.05, 4.69) is 6.58 Å². The summed E-state index contributed by atoms with van der Waals surface area (Å²) in [6.07, 6.45) is 3.62. The van der Waals surface area contributed by atoms with Gasteiger partial charge in [0.2, 0.25) is 0 Å². The summed E-state index contributed by atoms with van der Waals surface area (Å²) in [4.78, 5) is 14.3. The molecule has 2 aliphatic heterocycles. The van der Waals surface area contributed by atoms with Crippen molar-refractivity contribution in [2.24, 2.45) is 0 Å². The van der Waals surface area contributed by atoms with Gasteiger partial charge < -0.3 is 19.1 Å². The van der Waals surface area contributed by atoms with Crippen LogP contribution in [0.2, 0.25) is 0 Å². The molecule has 2 saturated heterocycles. The second kappa shape index (κ2) is 5.97. The van der Waals surface area contributed by atoms with Gasteiger partial charge >= 0.3 is 6.09 Å². The third-order valence-electron chi connectivity index (χ3n) is 3.88. The Labute approximate surface area is 127 Å². The SMILES string of the molecule is C=CC[C@@H]1CC2(C[C@@H](C)N1C(=O)OC(C)(C)C)OCCO2. The minimum Gasteiger partial charge on any atom is -0.444 e. The molecule has 2 rings (SSSR count). The Morgan fingerprint density at radius 1 is 1.38 bits per heavy atom. The minimum absolute atomic E-state index is 0.000741. The second-order valence-corrected chi connectivity index (χ2v) is 6.93. The Hall–Kier alpha value is -1.07. The minimum atomic E-state index is -0.536. The van der Waals surface area contributed by atoms with Crippen molar-refractivity contribution in [1.82, 2.24) is 4.90 Å². The fraction of sp³-hybridized carbons (Fsp3) is 0.812. The fourth-order valence-electron chi connectivity index (χ4n) is 3.21. The summed E-state index contributed by atoms with van der Waals surface area (Å²) in [5, 5.41) is 0. The Morgan fingerprint density at radius 2 is 2.00 bits per heavy atom. The number of hydrogen-bond acceptors (Lipinski definition) is 4. The van der Waals surface area contributed by atoms with Crippen molar-refractivity contribution in [2.75, 3.05) is 13.2 Å². The molecule has 0 aliphatic carbocycles. The van der Waals surface area contributed by atoms with Crippen molar-refractivity contribution in [2.45, 2.75) is 70.4 Å². The number of carbonyl (C=O) groups is 1. The zero-order valence-corrected chi connectivity index (χ0v) is 13.6. The smallest absolute Gasteiger partial charge is 0.410 e. The van der Waals surface area contributed by atoms with Gasteiger partial charge in [-0.3, -0.25) is 0 Å². The predicted octanol–water partition coefficient (Wildman–Crippen LogP) is 3.09. The monoisotopic (exact) mass is 297 g/mol. The molecule has 1 amide bonds. The molecule has 0 unspecified atom stereocenters. The van der Waals surface area contributed by atoms with Crippen LogP contribution in [0.5, 0.6) is 0 Å². The number of ether oxygens (including phenoxy) is 3. The quantitative estimate of drug-likeness (QED) is 0.735. The lowest BCUT2D eigenvalue weighted by Gasteiger charge is -2.47. The molecule has 0 N–H and O–H groups in total. The van der Waals surface area contributed by atoms with Crippen molar-refractivity contribution in [3.05, 3.63) is 12.7 Å². The van der Waals surface area contributed by atoms with E-state index in [1.807, 2.05) is 38.7 Å². The summed E-state index contributed by atoms with van der Waals surface area (Å²) in [6.45, 7) is 12.7. The molecule has 0 bridgehead atoms. The van der Waals surface area contributed by atoms with Gasteiger partial charge in [0, 0.05) is 24.9 Å². The Kier molecular flexibility index (Phi) is 4.63. The van der Waals surface area contributed by atoms with E-state index in [9.17, 15) is 4.79 Å². The number of likely N-dealkylation sites (tertiary alicyclic amines) is 1. The van der Waals surface area contributed by atoms with Crippen LogP contribution in [0.1, 0.15) is 47.0 Å². The number of carbonyl (C=O) groups excluding carboxylic acids is 1. The number of hydrogen-bond donors (Lipinski definition) is 0. The van der Waals surface area contributed by atoms with Crippen LogP contribution in [0.25, 0.3) is 0 Å². The topological polar surface area (TPSA) is 48.0 Å². The van der Waals surface area contributed by atoms with E-state index in [1.54, 1.807) is 0 Å². The van der Waals surface area contributed by atoms with E-state index < -0.39 is 11.4 Å². The molecular formula is C16H27NO4. The summed E-state index contributed by atoms with van der Waals surface area (Å²) in [5.41, 5.74) is -0.495. The molecule has 21 heavy (non-hydrogen) atoms. The lowest BCUT2D eigenvalue weighted by molar-refractivity contribution is -0.203. The molecule has 2 aliphatic rings. The average molecular weight is 297 g/mol. The van der Waals surface area contributed by atoms with Crippen LogP contribution in [0.3, 0.4) is 0 Å². The first-order valence-corrected chi connectivity index (χ1v) is 7.66. The van der Waals surface area contributed by atoms with Crippen LogP contribution >= 0.6 is 0 Å². The Balaban J connectivity index is 2.15. The molecule has 5 heteroatoms. The summed E-state index contributed by atoms with van der Waals surface area (Å²) >= 11 is 0. The van der Waals surface area contributed by atoms with Gasteiger partial charge in [-0.2, -0.15) is 0 Å². The fourth-order valence-corrected chi connectivity index (χ4v) is 3.21. The second-order valence-electron chi connectivity index (χ2n) is 6.93. The van der Waals surface area contributed by atoms with Gasteiger partial charge in [0.15, 0.2) is 5.79 Å².